The molecule has 10 nitrogen and oxygen atoms in total. The standard InChI is InChI=1S/C23H23F2N7O3/c1-12(26)15(10-27-2)16-5-17-13(7-28-16)11-31(23(33)32(17)14-8-29-30-9-14)22-20(24)18(34-3)6-19(35-4)21(22)25/h5-10,26-27H,11H2,1-4H3,(H,29,30)/b15-10+,26-12?. The minimum atomic E-state index is -1.04. The van der Waals surface area contributed by atoms with Gasteiger partial charge < -0.3 is 20.2 Å². The van der Waals surface area contributed by atoms with Crippen LogP contribution in [0.3, 0.4) is 0 Å². The molecule has 2 amide bonds. The molecule has 0 aliphatic carbocycles. The van der Waals surface area contributed by atoms with Crippen LogP contribution in [-0.4, -0.2) is 48.2 Å². The number of halogens is 2. The lowest BCUT2D eigenvalue weighted by atomic mass is 10.0. The molecule has 182 valence electrons. The summed E-state index contributed by atoms with van der Waals surface area (Å²) < 4.78 is 40.6. The molecular formula is C23H23F2N7O3. The Morgan fingerprint density at radius 2 is 1.89 bits per heavy atom. The maximum Gasteiger partial charge on any atom is 0.334 e. The fraction of sp³-hybridized carbons (Fsp3) is 0.217. The van der Waals surface area contributed by atoms with E-state index in [2.05, 4.69) is 20.5 Å². The van der Waals surface area contributed by atoms with E-state index in [1.54, 1.807) is 26.2 Å². The first kappa shape index (κ1) is 23.7. The quantitative estimate of drug-likeness (QED) is 0.438. The van der Waals surface area contributed by atoms with Gasteiger partial charge in [0.2, 0.25) is 0 Å². The molecule has 0 fully saturated rings. The number of H-pyrrole nitrogens is 1. The van der Waals surface area contributed by atoms with Crippen LogP contribution in [0.1, 0.15) is 18.2 Å². The van der Waals surface area contributed by atoms with Gasteiger partial charge in [-0.15, -0.1) is 0 Å². The Kier molecular flexibility index (Phi) is 6.36. The first-order valence-corrected chi connectivity index (χ1v) is 10.4. The van der Waals surface area contributed by atoms with Crippen LogP contribution in [-0.2, 0) is 6.54 Å². The summed E-state index contributed by atoms with van der Waals surface area (Å²) in [6.07, 6.45) is 6.03. The largest absolute Gasteiger partial charge is 0.493 e. The Bertz CT molecular complexity index is 1300. The molecule has 1 aromatic carbocycles. The van der Waals surface area contributed by atoms with Gasteiger partial charge >= 0.3 is 6.03 Å². The average Bonchev–Trinajstić information content (AvgIpc) is 3.37. The van der Waals surface area contributed by atoms with E-state index in [-0.39, 0.29) is 23.8 Å². The number of anilines is 3. The smallest absolute Gasteiger partial charge is 0.334 e. The predicted molar refractivity (Wildman–Crippen MR) is 126 cm³/mol. The number of aromatic nitrogens is 3. The van der Waals surface area contributed by atoms with Crippen LogP contribution in [0.25, 0.3) is 5.57 Å². The van der Waals surface area contributed by atoms with Gasteiger partial charge in [-0.2, -0.15) is 5.10 Å². The number of hydrogen-bond acceptors (Lipinski definition) is 7. The van der Waals surface area contributed by atoms with Gasteiger partial charge in [0, 0.05) is 48.6 Å². The second-order valence-corrected chi connectivity index (χ2v) is 7.59. The number of fused-ring (bicyclic) bond motifs is 1. The zero-order chi connectivity index (χ0) is 25.3. The van der Waals surface area contributed by atoms with Crippen LogP contribution >= 0.6 is 0 Å². The third kappa shape index (κ3) is 4.03. The van der Waals surface area contributed by atoms with Crippen molar-refractivity contribution >= 4 is 34.4 Å². The van der Waals surface area contributed by atoms with Crippen molar-refractivity contribution in [3.05, 3.63) is 59.8 Å². The Morgan fingerprint density at radius 3 is 2.43 bits per heavy atom. The highest BCUT2D eigenvalue weighted by Gasteiger charge is 2.38. The molecule has 0 atom stereocenters. The second-order valence-electron chi connectivity index (χ2n) is 7.59. The van der Waals surface area contributed by atoms with E-state index in [1.807, 2.05) is 0 Å². The lowest BCUT2D eigenvalue weighted by Gasteiger charge is -2.36. The van der Waals surface area contributed by atoms with Gasteiger partial charge in [-0.05, 0) is 13.0 Å². The molecule has 0 saturated heterocycles. The van der Waals surface area contributed by atoms with E-state index < -0.39 is 23.4 Å². The van der Waals surface area contributed by atoms with E-state index in [0.717, 1.165) is 11.0 Å². The summed E-state index contributed by atoms with van der Waals surface area (Å²) in [6, 6.07) is 2.00. The fourth-order valence-electron chi connectivity index (χ4n) is 3.83. The Balaban J connectivity index is 1.92. The number of nitrogens with one attached hydrogen (secondary N) is 3. The lowest BCUT2D eigenvalue weighted by Crippen LogP contribution is -2.45. The van der Waals surface area contributed by atoms with E-state index in [9.17, 15) is 4.79 Å². The fourth-order valence-corrected chi connectivity index (χ4v) is 3.83. The molecule has 12 heteroatoms. The number of pyridine rings is 1. The van der Waals surface area contributed by atoms with E-state index in [0.29, 0.717) is 28.2 Å². The molecule has 3 N–H and O–H groups in total. The predicted octanol–water partition coefficient (Wildman–Crippen LogP) is 3.98. The summed E-state index contributed by atoms with van der Waals surface area (Å²) in [5, 5.41) is 17.5. The van der Waals surface area contributed by atoms with Crippen molar-refractivity contribution in [2.45, 2.75) is 13.5 Å². The van der Waals surface area contributed by atoms with E-state index >= 15 is 8.78 Å². The van der Waals surface area contributed by atoms with Crippen molar-refractivity contribution in [3.63, 3.8) is 0 Å². The van der Waals surface area contributed by atoms with Gasteiger partial charge in [0.1, 0.15) is 5.69 Å². The number of amides is 2. The molecule has 3 aromatic rings. The number of allylic oxidation sites excluding steroid dienone is 1. The monoisotopic (exact) mass is 483 g/mol. The molecule has 2 aromatic heterocycles. The highest BCUT2D eigenvalue weighted by atomic mass is 19.1. The minimum Gasteiger partial charge on any atom is -0.493 e. The van der Waals surface area contributed by atoms with Crippen LogP contribution in [0, 0.1) is 17.0 Å². The molecule has 0 saturated carbocycles. The highest BCUT2D eigenvalue weighted by molar-refractivity contribution is 6.21. The summed E-state index contributed by atoms with van der Waals surface area (Å²) in [5.74, 6) is -2.64. The van der Waals surface area contributed by atoms with Gasteiger partial charge in [-0.3, -0.25) is 19.9 Å². The van der Waals surface area contributed by atoms with E-state index in [1.165, 1.54) is 37.7 Å². The zero-order valence-corrected chi connectivity index (χ0v) is 19.4. The summed E-state index contributed by atoms with van der Waals surface area (Å²) in [5.41, 5.74) is 1.92. The van der Waals surface area contributed by atoms with Crippen LogP contribution in [0.2, 0.25) is 0 Å². The number of hydrogen-bond donors (Lipinski definition) is 3. The topological polar surface area (TPSA) is 119 Å². The van der Waals surface area contributed by atoms with Gasteiger partial charge in [-0.1, -0.05) is 0 Å². The number of nitrogens with zero attached hydrogens (tertiary/aromatic N) is 4. The van der Waals surface area contributed by atoms with Crippen LogP contribution in [0.15, 0.2) is 36.9 Å². The summed E-state index contributed by atoms with van der Waals surface area (Å²) in [6.45, 7) is 1.45. The molecule has 0 spiro atoms. The zero-order valence-electron chi connectivity index (χ0n) is 19.4. The minimum absolute atomic E-state index is 0.172. The number of methoxy groups -OCH3 is 2. The third-order valence-electron chi connectivity index (χ3n) is 5.48. The maximum atomic E-state index is 15.3. The van der Waals surface area contributed by atoms with Crippen molar-refractivity contribution in [1.82, 2.24) is 20.5 Å². The lowest BCUT2D eigenvalue weighted by molar-refractivity contribution is 0.251. The number of carbonyl (C=O) groups excluding carboxylic acids is 1. The van der Waals surface area contributed by atoms with Crippen LogP contribution < -0.4 is 24.6 Å². The molecule has 0 bridgehead atoms. The van der Waals surface area contributed by atoms with Crippen molar-refractivity contribution in [2.24, 2.45) is 0 Å². The highest BCUT2D eigenvalue weighted by Crippen LogP contribution is 2.42. The number of urea groups is 1. The average molecular weight is 483 g/mol. The van der Waals surface area contributed by atoms with Crippen molar-refractivity contribution < 1.29 is 23.0 Å². The second kappa shape index (κ2) is 9.41. The van der Waals surface area contributed by atoms with Gasteiger partial charge in [0.25, 0.3) is 0 Å². The summed E-state index contributed by atoms with van der Waals surface area (Å²) >= 11 is 0. The normalized spacial score (nSPS) is 13.5. The molecule has 0 unspecified atom stereocenters. The van der Waals surface area contributed by atoms with Gasteiger partial charge in [0.05, 0.1) is 44.0 Å². The Hall–Kier alpha value is -4.48. The molecule has 0 radical (unpaired) electrons. The maximum absolute atomic E-state index is 15.3. The molecular weight excluding hydrogens is 460 g/mol. The molecule has 3 heterocycles. The van der Waals surface area contributed by atoms with E-state index in [4.69, 9.17) is 14.9 Å². The summed E-state index contributed by atoms with van der Waals surface area (Å²) in [4.78, 5) is 20.4. The Labute approximate surface area is 199 Å². The van der Waals surface area contributed by atoms with Crippen molar-refractivity contribution in [1.29, 1.82) is 5.41 Å². The molecule has 4 rings (SSSR count). The number of rotatable bonds is 7. The molecule has 1 aliphatic rings. The van der Waals surface area contributed by atoms with Crippen molar-refractivity contribution in [3.8, 4) is 11.5 Å². The first-order chi connectivity index (χ1) is 16.8. The molecule has 1 aliphatic heterocycles. The summed E-state index contributed by atoms with van der Waals surface area (Å²) in [7, 11) is 4.17. The first-order valence-electron chi connectivity index (χ1n) is 10.4. The van der Waals surface area contributed by atoms with Crippen molar-refractivity contribution in [2.75, 3.05) is 31.1 Å². The number of benzene rings is 1. The SMILES string of the molecule is CN/C=C(\C(C)=N)c1cc2c(cn1)CN(c1c(F)c(OC)cc(OC)c1F)C(=O)N2c1cn[nH]c1. The van der Waals surface area contributed by atoms with Gasteiger partial charge in [-0.25, -0.2) is 13.6 Å². The van der Waals surface area contributed by atoms with Crippen LogP contribution in [0.5, 0.6) is 11.5 Å². The third-order valence-corrected chi connectivity index (χ3v) is 5.48. The molecule has 35 heavy (non-hydrogen) atoms. The van der Waals surface area contributed by atoms with Crippen LogP contribution in [0.4, 0.5) is 30.6 Å². The number of carbonyl (C=O) groups is 1. The number of ether oxygens (including phenoxy) is 2. The van der Waals surface area contributed by atoms with Gasteiger partial charge in [0.15, 0.2) is 23.1 Å². The number of aromatic amines is 1. The Morgan fingerprint density at radius 1 is 1.20 bits per heavy atom.